The molecule has 0 saturated carbocycles. The average Bonchev–Trinajstić information content (AvgIpc) is 3.17. The van der Waals surface area contributed by atoms with E-state index in [-0.39, 0.29) is 38.6 Å². The summed E-state index contributed by atoms with van der Waals surface area (Å²) in [4.78, 5) is 37.1. The predicted molar refractivity (Wildman–Crippen MR) is 235 cm³/mol. The van der Waals surface area contributed by atoms with Crippen LogP contribution in [-0.4, -0.2) is 87.4 Å². The number of allylic oxidation sites excluding steroid dienone is 12. The summed E-state index contributed by atoms with van der Waals surface area (Å²) >= 11 is 0. The van der Waals surface area contributed by atoms with Crippen molar-refractivity contribution in [2.45, 2.75) is 167 Å². The quantitative estimate of drug-likeness (QED) is 0.0215. The normalized spacial score (nSPS) is 13.6. The third-order valence-corrected chi connectivity index (χ3v) is 8.95. The van der Waals surface area contributed by atoms with Crippen LogP contribution in [0.3, 0.4) is 0 Å². The SMILES string of the molecule is CC/C=C\C/C=C\C/C=C\C/C=C\CCCCCCC(=O)OC(COC(=O)CCCCCCC/C=C\C/C=C\CCCCC)COC(OCC[N+](C)(C)C)C(=O)O. The third kappa shape index (κ3) is 40.7. The zero-order valence-electron chi connectivity index (χ0n) is 36.7. The van der Waals surface area contributed by atoms with Gasteiger partial charge in [-0.15, -0.1) is 0 Å². The molecule has 0 fully saturated rings. The van der Waals surface area contributed by atoms with E-state index >= 15 is 0 Å². The van der Waals surface area contributed by atoms with Crippen molar-refractivity contribution in [3.05, 3.63) is 72.9 Å². The second kappa shape index (κ2) is 39.6. The number of carbonyl (C=O) groups is 3. The van der Waals surface area contributed by atoms with Crippen molar-refractivity contribution in [3.63, 3.8) is 0 Å². The van der Waals surface area contributed by atoms with Crippen LogP contribution in [0.25, 0.3) is 0 Å². The van der Waals surface area contributed by atoms with Gasteiger partial charge in [-0.05, 0) is 83.5 Å². The number of carboxylic acids is 1. The molecule has 0 bridgehead atoms. The molecule has 9 heteroatoms. The lowest BCUT2D eigenvalue weighted by molar-refractivity contribution is -0.870. The van der Waals surface area contributed by atoms with Gasteiger partial charge in [0.05, 0.1) is 34.4 Å². The Morgan fingerprint density at radius 3 is 1.49 bits per heavy atom. The van der Waals surface area contributed by atoms with E-state index in [1.165, 1.54) is 25.7 Å². The Balaban J connectivity index is 4.54. The molecule has 0 aliphatic heterocycles. The number of carboxylic acid groups (broad SMARTS) is 1. The summed E-state index contributed by atoms with van der Waals surface area (Å²) in [5, 5.41) is 9.63. The van der Waals surface area contributed by atoms with Gasteiger partial charge in [-0.1, -0.05) is 132 Å². The maximum atomic E-state index is 12.7. The van der Waals surface area contributed by atoms with Gasteiger partial charge in [0.1, 0.15) is 13.2 Å². The Labute approximate surface area is 347 Å². The molecule has 0 aromatic rings. The molecule has 2 atom stereocenters. The maximum absolute atomic E-state index is 12.7. The van der Waals surface area contributed by atoms with E-state index in [1.807, 2.05) is 21.1 Å². The van der Waals surface area contributed by atoms with E-state index in [4.69, 9.17) is 18.9 Å². The summed E-state index contributed by atoms with van der Waals surface area (Å²) in [6.45, 7) is 4.66. The summed E-state index contributed by atoms with van der Waals surface area (Å²) < 4.78 is 22.7. The Hall–Kier alpha value is -3.27. The summed E-state index contributed by atoms with van der Waals surface area (Å²) in [5.74, 6) is -2.07. The number of likely N-dealkylation sites (N-methyl/N-ethyl adjacent to an activating group) is 1. The summed E-state index contributed by atoms with van der Waals surface area (Å²) in [6.07, 6.45) is 45.3. The first-order chi connectivity index (χ1) is 27.6. The minimum Gasteiger partial charge on any atom is -0.477 e. The highest BCUT2D eigenvalue weighted by atomic mass is 16.7. The Morgan fingerprint density at radius 1 is 0.544 bits per heavy atom. The molecular weight excluding hydrogens is 719 g/mol. The van der Waals surface area contributed by atoms with E-state index in [9.17, 15) is 19.5 Å². The number of hydrogen-bond donors (Lipinski definition) is 1. The van der Waals surface area contributed by atoms with Crippen LogP contribution in [0.4, 0.5) is 0 Å². The molecule has 9 nitrogen and oxygen atoms in total. The fraction of sp³-hybridized carbons (Fsp3) is 0.688. The van der Waals surface area contributed by atoms with Crippen molar-refractivity contribution in [3.8, 4) is 0 Å². The Bertz CT molecular complexity index is 1160. The highest BCUT2D eigenvalue weighted by Crippen LogP contribution is 2.12. The third-order valence-electron chi connectivity index (χ3n) is 8.95. The van der Waals surface area contributed by atoms with Gasteiger partial charge >= 0.3 is 17.9 Å². The molecule has 2 unspecified atom stereocenters. The standard InChI is InChI=1S/C48H81NO8/c1-6-8-10-12-14-16-18-20-22-23-25-27-29-31-33-35-37-39-46(51)57-44(43-56-48(47(52)53)54-41-40-49(3,4)5)42-55-45(50)38-36-34-32-30-28-26-24-21-19-17-15-13-11-9-7-2/h8,10,14-17,20-22,24-25,27,44,48H,6-7,9,11-13,18-19,23,26,28-43H2,1-5H3/p+1/b10-8-,16-14-,17-15-,22-20-,24-21-,27-25-. The van der Waals surface area contributed by atoms with Crippen LogP contribution in [-0.2, 0) is 33.3 Å². The molecule has 0 aromatic carbocycles. The molecular formula is C48H82NO8+. The summed E-state index contributed by atoms with van der Waals surface area (Å²) in [5.41, 5.74) is 0. The first kappa shape index (κ1) is 53.7. The van der Waals surface area contributed by atoms with Crippen LogP contribution in [0.1, 0.15) is 155 Å². The number of aliphatic carboxylic acids is 1. The van der Waals surface area contributed by atoms with Crippen LogP contribution < -0.4 is 0 Å². The van der Waals surface area contributed by atoms with Crippen molar-refractivity contribution in [2.24, 2.45) is 0 Å². The number of hydrogen-bond acceptors (Lipinski definition) is 7. The molecule has 1 N–H and O–H groups in total. The molecule has 0 radical (unpaired) electrons. The highest BCUT2D eigenvalue weighted by Gasteiger charge is 2.25. The molecule has 0 amide bonds. The Kier molecular flexibility index (Phi) is 37.3. The number of esters is 2. The zero-order chi connectivity index (χ0) is 42.1. The van der Waals surface area contributed by atoms with Crippen molar-refractivity contribution >= 4 is 17.9 Å². The molecule has 0 spiro atoms. The second-order valence-corrected chi connectivity index (χ2v) is 15.6. The minimum atomic E-state index is -1.52. The number of carbonyl (C=O) groups excluding carboxylic acids is 2. The summed E-state index contributed by atoms with van der Waals surface area (Å²) in [6, 6.07) is 0. The van der Waals surface area contributed by atoms with Gasteiger partial charge in [0.25, 0.3) is 6.29 Å². The molecule has 0 aliphatic carbocycles. The highest BCUT2D eigenvalue weighted by molar-refractivity contribution is 5.71. The van der Waals surface area contributed by atoms with E-state index in [2.05, 4.69) is 86.8 Å². The number of unbranched alkanes of at least 4 members (excludes halogenated alkanes) is 12. The van der Waals surface area contributed by atoms with E-state index in [0.29, 0.717) is 17.4 Å². The van der Waals surface area contributed by atoms with Gasteiger partial charge in [-0.25, -0.2) is 4.79 Å². The van der Waals surface area contributed by atoms with E-state index in [0.717, 1.165) is 96.3 Å². The van der Waals surface area contributed by atoms with Crippen LogP contribution in [0.5, 0.6) is 0 Å². The van der Waals surface area contributed by atoms with Crippen LogP contribution in [0, 0.1) is 0 Å². The molecule has 0 rings (SSSR count). The average molecular weight is 801 g/mol. The predicted octanol–water partition coefficient (Wildman–Crippen LogP) is 11.6. The fourth-order valence-electron chi connectivity index (χ4n) is 5.50. The van der Waals surface area contributed by atoms with Gasteiger partial charge in [0.2, 0.25) is 0 Å². The van der Waals surface area contributed by atoms with Crippen LogP contribution >= 0.6 is 0 Å². The molecule has 0 aliphatic rings. The molecule has 0 saturated heterocycles. The van der Waals surface area contributed by atoms with Crippen molar-refractivity contribution in [1.82, 2.24) is 0 Å². The van der Waals surface area contributed by atoms with E-state index in [1.54, 1.807) is 0 Å². The van der Waals surface area contributed by atoms with Crippen molar-refractivity contribution < 1.29 is 42.9 Å². The lowest BCUT2D eigenvalue weighted by Crippen LogP contribution is -2.40. The molecule has 0 aromatic heterocycles. The maximum Gasteiger partial charge on any atom is 0.361 e. The fourth-order valence-corrected chi connectivity index (χ4v) is 5.50. The number of quaternary nitrogens is 1. The minimum absolute atomic E-state index is 0.176. The molecule has 0 heterocycles. The summed E-state index contributed by atoms with van der Waals surface area (Å²) in [7, 11) is 5.93. The van der Waals surface area contributed by atoms with Crippen molar-refractivity contribution in [1.29, 1.82) is 0 Å². The number of rotatable bonds is 39. The first-order valence-electron chi connectivity index (χ1n) is 22.1. The molecule has 57 heavy (non-hydrogen) atoms. The van der Waals surface area contributed by atoms with E-state index < -0.39 is 24.3 Å². The number of ether oxygens (including phenoxy) is 4. The first-order valence-corrected chi connectivity index (χ1v) is 22.1. The van der Waals surface area contributed by atoms with Crippen LogP contribution in [0.2, 0.25) is 0 Å². The smallest absolute Gasteiger partial charge is 0.361 e. The van der Waals surface area contributed by atoms with Crippen molar-refractivity contribution in [2.75, 3.05) is 47.5 Å². The van der Waals surface area contributed by atoms with Gasteiger partial charge in [0, 0.05) is 12.8 Å². The Morgan fingerprint density at radius 2 is 1.00 bits per heavy atom. The lowest BCUT2D eigenvalue weighted by Gasteiger charge is -2.25. The van der Waals surface area contributed by atoms with Crippen LogP contribution in [0.15, 0.2) is 72.9 Å². The molecule has 326 valence electrons. The number of nitrogens with zero attached hydrogens (tertiary/aromatic N) is 1. The second-order valence-electron chi connectivity index (χ2n) is 15.6. The lowest BCUT2D eigenvalue weighted by atomic mass is 10.1. The monoisotopic (exact) mass is 801 g/mol. The zero-order valence-corrected chi connectivity index (χ0v) is 36.7. The van der Waals surface area contributed by atoms with Gasteiger partial charge < -0.3 is 28.5 Å². The largest absolute Gasteiger partial charge is 0.477 e. The van der Waals surface area contributed by atoms with Gasteiger partial charge in [0.15, 0.2) is 6.10 Å². The van der Waals surface area contributed by atoms with Gasteiger partial charge in [-0.3, -0.25) is 9.59 Å². The topological polar surface area (TPSA) is 108 Å². The van der Waals surface area contributed by atoms with Gasteiger partial charge in [-0.2, -0.15) is 0 Å².